The van der Waals surface area contributed by atoms with Crippen LogP contribution in [-0.2, 0) is 9.59 Å². The van der Waals surface area contributed by atoms with Gasteiger partial charge in [0.15, 0.2) is 0 Å². The quantitative estimate of drug-likeness (QED) is 0.749. The summed E-state index contributed by atoms with van der Waals surface area (Å²) in [7, 11) is 0. The van der Waals surface area contributed by atoms with Crippen LogP contribution in [0.3, 0.4) is 0 Å². The number of hydrogen-bond acceptors (Lipinski definition) is 4. The molecule has 1 saturated heterocycles. The minimum atomic E-state index is -1.15. The first-order chi connectivity index (χ1) is 7.41. The summed E-state index contributed by atoms with van der Waals surface area (Å²) in [6.45, 7) is 5.31. The maximum Gasteiger partial charge on any atom is 0.329 e. The number of nitrogens with zero attached hydrogens (tertiary/aromatic N) is 1. The smallest absolute Gasteiger partial charge is 0.329 e. The van der Waals surface area contributed by atoms with Crippen LogP contribution in [0.2, 0.25) is 0 Å². The summed E-state index contributed by atoms with van der Waals surface area (Å²) in [5.74, 6) is 0.361. The number of carbonyl (C=O) groups excluding carboxylic acids is 1. The van der Waals surface area contributed by atoms with E-state index in [0.717, 1.165) is 5.88 Å². The van der Waals surface area contributed by atoms with Gasteiger partial charge in [-0.15, -0.1) is 11.8 Å². The van der Waals surface area contributed by atoms with Crippen molar-refractivity contribution in [2.24, 2.45) is 0 Å². The molecule has 0 aromatic rings. The highest BCUT2D eigenvalue weighted by Crippen LogP contribution is 2.19. The second kappa shape index (κ2) is 5.05. The fourth-order valence-electron chi connectivity index (χ4n) is 1.68. The number of amides is 1. The fourth-order valence-corrected chi connectivity index (χ4v) is 2.62. The molecule has 1 fully saturated rings. The van der Waals surface area contributed by atoms with Crippen LogP contribution in [0, 0.1) is 0 Å². The molecule has 5 nitrogen and oxygen atoms in total. The Hall–Kier alpha value is -0.750. The van der Waals surface area contributed by atoms with E-state index in [1.54, 1.807) is 32.5 Å². The fraction of sp³-hybridized carbons (Fsp3) is 0.800. The topological polar surface area (TPSA) is 69.6 Å². The van der Waals surface area contributed by atoms with Gasteiger partial charge in [0.2, 0.25) is 5.91 Å². The zero-order chi connectivity index (χ0) is 12.3. The predicted molar refractivity (Wildman–Crippen MR) is 63.4 cm³/mol. The maximum absolute atomic E-state index is 12.1. The molecule has 1 atom stereocenters. The van der Waals surface area contributed by atoms with Crippen LogP contribution in [0.5, 0.6) is 0 Å². The molecule has 1 heterocycles. The van der Waals surface area contributed by atoms with Crippen LogP contribution in [0.1, 0.15) is 20.8 Å². The summed E-state index contributed by atoms with van der Waals surface area (Å²) in [4.78, 5) is 24.7. The highest BCUT2D eigenvalue weighted by molar-refractivity contribution is 7.99. The SMILES string of the molecule is CCN(C(=O)C1CSCN1)C(C)(C)C(=O)O. The van der Waals surface area contributed by atoms with Crippen LogP contribution < -0.4 is 5.32 Å². The monoisotopic (exact) mass is 246 g/mol. The molecular weight excluding hydrogens is 228 g/mol. The first-order valence-electron chi connectivity index (χ1n) is 5.27. The number of rotatable bonds is 4. The Morgan fingerprint density at radius 2 is 2.19 bits per heavy atom. The van der Waals surface area contributed by atoms with Gasteiger partial charge in [-0.2, -0.15) is 0 Å². The van der Waals surface area contributed by atoms with Gasteiger partial charge in [-0.05, 0) is 20.8 Å². The second-order valence-corrected chi connectivity index (χ2v) is 5.25. The molecule has 0 saturated carbocycles. The van der Waals surface area contributed by atoms with Crippen LogP contribution in [0.15, 0.2) is 0 Å². The number of carboxylic acids is 1. The van der Waals surface area contributed by atoms with Gasteiger partial charge >= 0.3 is 5.97 Å². The summed E-state index contributed by atoms with van der Waals surface area (Å²) in [5.41, 5.74) is -1.15. The Bertz CT molecular complexity index is 288. The molecule has 6 heteroatoms. The van der Waals surface area contributed by atoms with Crippen LogP contribution in [-0.4, -0.2) is 51.6 Å². The zero-order valence-electron chi connectivity index (χ0n) is 9.82. The second-order valence-electron chi connectivity index (χ2n) is 4.22. The first kappa shape index (κ1) is 13.3. The Morgan fingerprint density at radius 3 is 2.56 bits per heavy atom. The highest BCUT2D eigenvalue weighted by atomic mass is 32.2. The summed E-state index contributed by atoms with van der Waals surface area (Å²) in [6.07, 6.45) is 0. The Balaban J connectivity index is 2.80. The number of hydrogen-bond donors (Lipinski definition) is 2. The number of carboxylic acid groups (broad SMARTS) is 1. The minimum absolute atomic E-state index is 0.125. The summed E-state index contributed by atoms with van der Waals surface area (Å²) in [6, 6.07) is -0.247. The normalized spacial score (nSPS) is 20.8. The molecule has 1 aliphatic rings. The van der Waals surface area contributed by atoms with Crippen molar-refractivity contribution in [2.45, 2.75) is 32.4 Å². The van der Waals surface area contributed by atoms with Crippen molar-refractivity contribution in [2.75, 3.05) is 18.2 Å². The zero-order valence-corrected chi connectivity index (χ0v) is 10.6. The summed E-state index contributed by atoms with van der Waals surface area (Å²) in [5, 5.41) is 12.2. The van der Waals surface area contributed by atoms with Gasteiger partial charge in [-0.3, -0.25) is 10.1 Å². The number of likely N-dealkylation sites (N-methyl/N-ethyl adjacent to an activating group) is 1. The molecule has 1 aliphatic heterocycles. The lowest BCUT2D eigenvalue weighted by Crippen LogP contribution is -2.57. The van der Waals surface area contributed by atoms with Crippen molar-refractivity contribution >= 4 is 23.6 Å². The van der Waals surface area contributed by atoms with Crippen LogP contribution in [0.4, 0.5) is 0 Å². The Kier molecular flexibility index (Phi) is 4.21. The molecular formula is C10H18N2O3S. The minimum Gasteiger partial charge on any atom is -0.480 e. The predicted octanol–water partition coefficient (Wildman–Crippen LogP) is 0.361. The van der Waals surface area contributed by atoms with E-state index in [9.17, 15) is 9.59 Å². The lowest BCUT2D eigenvalue weighted by atomic mass is 10.0. The van der Waals surface area contributed by atoms with E-state index in [-0.39, 0.29) is 11.9 Å². The summed E-state index contributed by atoms with van der Waals surface area (Å²) < 4.78 is 0. The average molecular weight is 246 g/mol. The molecule has 0 aromatic heterocycles. The van der Waals surface area contributed by atoms with Crippen molar-refractivity contribution in [1.29, 1.82) is 0 Å². The largest absolute Gasteiger partial charge is 0.480 e. The molecule has 1 amide bonds. The summed E-state index contributed by atoms with van der Waals surface area (Å²) >= 11 is 1.65. The van der Waals surface area contributed by atoms with Gasteiger partial charge in [0.1, 0.15) is 5.54 Å². The molecule has 0 aromatic carbocycles. The third kappa shape index (κ3) is 2.49. The van der Waals surface area contributed by atoms with E-state index < -0.39 is 11.5 Å². The van der Waals surface area contributed by atoms with E-state index in [1.807, 2.05) is 0 Å². The van der Waals surface area contributed by atoms with E-state index >= 15 is 0 Å². The Labute approximate surface area is 99.6 Å². The van der Waals surface area contributed by atoms with E-state index in [2.05, 4.69) is 5.32 Å². The van der Waals surface area contributed by atoms with Gasteiger partial charge in [0, 0.05) is 18.2 Å². The Morgan fingerprint density at radius 1 is 1.56 bits per heavy atom. The third-order valence-electron chi connectivity index (χ3n) is 2.79. The molecule has 0 spiro atoms. The van der Waals surface area contributed by atoms with E-state index in [4.69, 9.17) is 5.11 Å². The number of nitrogens with one attached hydrogen (secondary N) is 1. The number of thioether (sulfide) groups is 1. The lowest BCUT2D eigenvalue weighted by Gasteiger charge is -2.35. The van der Waals surface area contributed by atoms with Crippen molar-refractivity contribution < 1.29 is 14.7 Å². The van der Waals surface area contributed by atoms with Gasteiger partial charge in [0.25, 0.3) is 0 Å². The van der Waals surface area contributed by atoms with E-state index in [0.29, 0.717) is 12.3 Å². The van der Waals surface area contributed by atoms with Gasteiger partial charge in [-0.25, -0.2) is 4.79 Å². The first-order valence-corrected chi connectivity index (χ1v) is 6.42. The number of carbonyl (C=O) groups is 2. The third-order valence-corrected chi connectivity index (χ3v) is 3.73. The van der Waals surface area contributed by atoms with Crippen LogP contribution >= 0.6 is 11.8 Å². The van der Waals surface area contributed by atoms with Crippen molar-refractivity contribution in [3.8, 4) is 0 Å². The van der Waals surface area contributed by atoms with Gasteiger partial charge < -0.3 is 10.0 Å². The van der Waals surface area contributed by atoms with Crippen molar-refractivity contribution in [1.82, 2.24) is 10.2 Å². The van der Waals surface area contributed by atoms with Crippen molar-refractivity contribution in [3.63, 3.8) is 0 Å². The molecule has 16 heavy (non-hydrogen) atoms. The van der Waals surface area contributed by atoms with Gasteiger partial charge in [0.05, 0.1) is 6.04 Å². The van der Waals surface area contributed by atoms with Crippen molar-refractivity contribution in [3.05, 3.63) is 0 Å². The molecule has 92 valence electrons. The highest BCUT2D eigenvalue weighted by Gasteiger charge is 2.39. The number of aliphatic carboxylic acids is 1. The lowest BCUT2D eigenvalue weighted by molar-refractivity contribution is -0.157. The van der Waals surface area contributed by atoms with E-state index in [1.165, 1.54) is 4.90 Å². The molecule has 0 radical (unpaired) electrons. The average Bonchev–Trinajstić information content (AvgIpc) is 2.70. The molecule has 2 N–H and O–H groups in total. The molecule has 0 aliphatic carbocycles. The molecule has 1 rings (SSSR count). The molecule has 1 unspecified atom stereocenters. The standard InChI is InChI=1S/C10H18N2O3S/c1-4-12(10(2,3)9(14)15)8(13)7-5-16-6-11-7/h7,11H,4-6H2,1-3H3,(H,14,15). The van der Waals surface area contributed by atoms with Crippen LogP contribution in [0.25, 0.3) is 0 Å². The van der Waals surface area contributed by atoms with Gasteiger partial charge in [-0.1, -0.05) is 0 Å². The maximum atomic E-state index is 12.1. The molecule has 0 bridgehead atoms.